The maximum atomic E-state index is 12.5. The summed E-state index contributed by atoms with van der Waals surface area (Å²) in [4.78, 5) is 26.0. The smallest absolute Gasteiger partial charge is 0.256 e. The van der Waals surface area contributed by atoms with Gasteiger partial charge in [0.1, 0.15) is 11.8 Å². The lowest BCUT2D eigenvalue weighted by Gasteiger charge is -2.16. The van der Waals surface area contributed by atoms with Crippen LogP contribution >= 0.6 is 15.9 Å². The van der Waals surface area contributed by atoms with E-state index in [0.29, 0.717) is 11.4 Å². The number of methoxy groups -OCH3 is 1. The predicted octanol–water partition coefficient (Wildman–Crippen LogP) is 3.20. The highest BCUT2D eigenvalue weighted by Crippen LogP contribution is 2.27. The van der Waals surface area contributed by atoms with Crippen LogP contribution < -0.4 is 15.0 Å². The Bertz CT molecular complexity index is 729. The molecule has 118 valence electrons. The zero-order chi connectivity index (χ0) is 16.4. The van der Waals surface area contributed by atoms with E-state index < -0.39 is 6.04 Å². The number of anilines is 2. The minimum absolute atomic E-state index is 0.140. The lowest BCUT2D eigenvalue weighted by atomic mass is 10.2. The highest BCUT2D eigenvalue weighted by Gasteiger charge is 2.39. The first kappa shape index (κ1) is 15.6. The monoisotopic (exact) mass is 374 g/mol. The molecule has 0 aliphatic carbocycles. The van der Waals surface area contributed by atoms with Crippen LogP contribution in [-0.2, 0) is 9.59 Å². The molecule has 1 fully saturated rings. The van der Waals surface area contributed by atoms with Gasteiger partial charge in [-0.05, 0) is 48.5 Å². The number of carbonyl (C=O) groups excluding carboxylic acids is 2. The fourth-order valence-corrected chi connectivity index (χ4v) is 2.76. The van der Waals surface area contributed by atoms with Crippen LogP contribution in [-0.4, -0.2) is 25.0 Å². The van der Waals surface area contributed by atoms with Crippen LogP contribution in [0.4, 0.5) is 11.4 Å². The summed E-state index contributed by atoms with van der Waals surface area (Å²) in [5.74, 6) is 0.218. The van der Waals surface area contributed by atoms with Crippen molar-refractivity contribution in [3.63, 3.8) is 0 Å². The number of rotatable bonds is 4. The summed E-state index contributed by atoms with van der Waals surface area (Å²) in [5, 5.41) is 3.11. The first-order chi connectivity index (χ1) is 11.1. The van der Waals surface area contributed by atoms with Gasteiger partial charge < -0.3 is 10.1 Å². The number of nitrogens with one attached hydrogen (secondary N) is 1. The molecule has 1 atom stereocenters. The van der Waals surface area contributed by atoms with E-state index in [4.69, 9.17) is 4.74 Å². The number of nitrogens with zero attached hydrogens (tertiary/aromatic N) is 1. The van der Waals surface area contributed by atoms with E-state index >= 15 is 0 Å². The molecule has 2 aromatic carbocycles. The molecule has 5 nitrogen and oxygen atoms in total. The van der Waals surface area contributed by atoms with Gasteiger partial charge in [0, 0.05) is 10.2 Å². The van der Waals surface area contributed by atoms with E-state index in [1.807, 2.05) is 24.3 Å². The standard InChI is InChI=1S/C17H15BrN2O3/c1-23-14-8-6-13(7-9-14)20-16(21)10-15(17(20)22)19-12-4-2-11(18)3-5-12/h2-9,15,19H,10H2,1H3/t15-/m0/s1. The fourth-order valence-electron chi connectivity index (χ4n) is 2.49. The molecule has 1 N–H and O–H groups in total. The summed E-state index contributed by atoms with van der Waals surface area (Å²) in [6.45, 7) is 0. The van der Waals surface area contributed by atoms with Gasteiger partial charge in [-0.3, -0.25) is 9.59 Å². The molecule has 2 amide bonds. The second-order valence-electron chi connectivity index (χ2n) is 5.17. The highest BCUT2D eigenvalue weighted by molar-refractivity contribution is 9.10. The molecule has 0 bridgehead atoms. The van der Waals surface area contributed by atoms with E-state index in [2.05, 4.69) is 21.2 Å². The predicted molar refractivity (Wildman–Crippen MR) is 91.7 cm³/mol. The molecular formula is C17H15BrN2O3. The normalized spacial score (nSPS) is 17.5. The molecule has 1 saturated heterocycles. The molecule has 6 heteroatoms. The highest BCUT2D eigenvalue weighted by atomic mass is 79.9. The minimum atomic E-state index is -0.550. The number of carbonyl (C=O) groups is 2. The number of hydrogen-bond donors (Lipinski definition) is 1. The van der Waals surface area contributed by atoms with E-state index in [1.165, 1.54) is 4.90 Å². The second-order valence-corrected chi connectivity index (χ2v) is 6.09. The fraction of sp³-hybridized carbons (Fsp3) is 0.176. The third kappa shape index (κ3) is 3.22. The van der Waals surface area contributed by atoms with Crippen molar-refractivity contribution in [2.45, 2.75) is 12.5 Å². The third-order valence-corrected chi connectivity index (χ3v) is 4.19. The molecule has 1 aliphatic rings. The van der Waals surface area contributed by atoms with Gasteiger partial charge in [0.25, 0.3) is 5.91 Å². The Kier molecular flexibility index (Phi) is 4.34. The third-order valence-electron chi connectivity index (χ3n) is 3.66. The van der Waals surface area contributed by atoms with Gasteiger partial charge in [-0.1, -0.05) is 15.9 Å². The van der Waals surface area contributed by atoms with Crippen molar-refractivity contribution in [1.29, 1.82) is 0 Å². The zero-order valence-electron chi connectivity index (χ0n) is 12.5. The van der Waals surface area contributed by atoms with Crippen molar-refractivity contribution in [2.24, 2.45) is 0 Å². The Balaban J connectivity index is 1.77. The van der Waals surface area contributed by atoms with E-state index in [9.17, 15) is 9.59 Å². The van der Waals surface area contributed by atoms with Gasteiger partial charge in [0.2, 0.25) is 5.91 Å². The van der Waals surface area contributed by atoms with Gasteiger partial charge in [0.15, 0.2) is 0 Å². The Hall–Kier alpha value is -2.34. The van der Waals surface area contributed by atoms with E-state index in [-0.39, 0.29) is 18.2 Å². The number of imide groups is 1. The summed E-state index contributed by atoms with van der Waals surface area (Å²) >= 11 is 3.36. The summed E-state index contributed by atoms with van der Waals surface area (Å²) in [6, 6.07) is 13.8. The number of halogens is 1. The molecule has 1 heterocycles. The molecule has 0 spiro atoms. The van der Waals surface area contributed by atoms with Crippen molar-refractivity contribution in [3.05, 3.63) is 53.0 Å². The summed E-state index contributed by atoms with van der Waals surface area (Å²) in [6.07, 6.45) is 0.140. The van der Waals surface area contributed by atoms with Crippen LogP contribution in [0.3, 0.4) is 0 Å². The summed E-state index contributed by atoms with van der Waals surface area (Å²) in [5.41, 5.74) is 1.36. The Morgan fingerprint density at radius 1 is 1.09 bits per heavy atom. The topological polar surface area (TPSA) is 58.6 Å². The van der Waals surface area contributed by atoms with Gasteiger partial charge in [-0.25, -0.2) is 4.90 Å². The molecule has 0 aromatic heterocycles. The molecule has 1 aliphatic heterocycles. The first-order valence-corrected chi connectivity index (χ1v) is 7.91. The van der Waals surface area contributed by atoms with E-state index in [1.54, 1.807) is 31.4 Å². The van der Waals surface area contributed by atoms with Crippen molar-refractivity contribution >= 4 is 39.1 Å². The molecule has 23 heavy (non-hydrogen) atoms. The first-order valence-electron chi connectivity index (χ1n) is 7.11. The van der Waals surface area contributed by atoms with Gasteiger partial charge in [-0.15, -0.1) is 0 Å². The van der Waals surface area contributed by atoms with Crippen LogP contribution in [0, 0.1) is 0 Å². The number of amides is 2. The van der Waals surface area contributed by atoms with Crippen molar-refractivity contribution in [2.75, 3.05) is 17.3 Å². The SMILES string of the molecule is COc1ccc(N2C(=O)C[C@H](Nc3ccc(Br)cc3)C2=O)cc1. The average molecular weight is 375 g/mol. The van der Waals surface area contributed by atoms with Crippen LogP contribution in [0.15, 0.2) is 53.0 Å². The number of ether oxygens (including phenoxy) is 1. The second kappa shape index (κ2) is 6.42. The maximum absolute atomic E-state index is 12.5. The van der Waals surface area contributed by atoms with Gasteiger partial charge in [0.05, 0.1) is 19.2 Å². The van der Waals surface area contributed by atoms with Crippen LogP contribution in [0.25, 0.3) is 0 Å². The maximum Gasteiger partial charge on any atom is 0.256 e. The van der Waals surface area contributed by atoms with Crippen LogP contribution in [0.1, 0.15) is 6.42 Å². The van der Waals surface area contributed by atoms with Crippen LogP contribution in [0.5, 0.6) is 5.75 Å². The zero-order valence-corrected chi connectivity index (χ0v) is 14.0. The lowest BCUT2D eigenvalue weighted by molar-refractivity contribution is -0.121. The summed E-state index contributed by atoms with van der Waals surface area (Å²) < 4.78 is 6.05. The largest absolute Gasteiger partial charge is 0.497 e. The van der Waals surface area contributed by atoms with Crippen molar-refractivity contribution < 1.29 is 14.3 Å². The number of hydrogen-bond acceptors (Lipinski definition) is 4. The average Bonchev–Trinajstić information content (AvgIpc) is 2.84. The Morgan fingerprint density at radius 3 is 2.35 bits per heavy atom. The van der Waals surface area contributed by atoms with Crippen molar-refractivity contribution in [3.8, 4) is 5.75 Å². The Labute approximate surface area is 142 Å². The van der Waals surface area contributed by atoms with Crippen molar-refractivity contribution in [1.82, 2.24) is 0 Å². The molecule has 0 unspecified atom stereocenters. The molecule has 0 radical (unpaired) electrons. The van der Waals surface area contributed by atoms with Gasteiger partial charge in [-0.2, -0.15) is 0 Å². The van der Waals surface area contributed by atoms with Gasteiger partial charge >= 0.3 is 0 Å². The lowest BCUT2D eigenvalue weighted by Crippen LogP contribution is -2.34. The quantitative estimate of drug-likeness (QED) is 0.834. The Morgan fingerprint density at radius 2 is 1.74 bits per heavy atom. The molecule has 2 aromatic rings. The summed E-state index contributed by atoms with van der Waals surface area (Å²) in [7, 11) is 1.57. The van der Waals surface area contributed by atoms with E-state index in [0.717, 1.165) is 10.2 Å². The number of benzene rings is 2. The minimum Gasteiger partial charge on any atom is -0.497 e. The molecular weight excluding hydrogens is 360 g/mol. The molecule has 0 saturated carbocycles. The molecule has 3 rings (SSSR count). The van der Waals surface area contributed by atoms with Crippen LogP contribution in [0.2, 0.25) is 0 Å².